The van der Waals surface area contributed by atoms with Crippen molar-refractivity contribution in [2.45, 2.75) is 19.9 Å². The molecule has 1 aromatic heterocycles. The molecule has 7 heteroatoms. The smallest absolute Gasteiger partial charge is 0.270 e. The van der Waals surface area contributed by atoms with Crippen molar-refractivity contribution in [3.63, 3.8) is 0 Å². The summed E-state index contributed by atoms with van der Waals surface area (Å²) in [6.07, 6.45) is 1.40. The predicted molar refractivity (Wildman–Crippen MR) is 104 cm³/mol. The van der Waals surface area contributed by atoms with Crippen LogP contribution >= 0.6 is 0 Å². The number of anilines is 3. The maximum Gasteiger partial charge on any atom is 0.270 e. The van der Waals surface area contributed by atoms with Crippen LogP contribution in [-0.4, -0.2) is 60.0 Å². The Morgan fingerprint density at radius 3 is 2.42 bits per heavy atom. The Morgan fingerprint density at radius 1 is 1.08 bits per heavy atom. The highest BCUT2D eigenvalue weighted by Gasteiger charge is 2.14. The third-order valence-electron chi connectivity index (χ3n) is 4.33. The van der Waals surface area contributed by atoms with Crippen LogP contribution in [-0.2, 0) is 0 Å². The van der Waals surface area contributed by atoms with Crippen LogP contribution in [0.2, 0.25) is 0 Å². The van der Waals surface area contributed by atoms with Crippen LogP contribution in [0.25, 0.3) is 0 Å². The van der Waals surface area contributed by atoms with Crippen LogP contribution in [0.4, 0.5) is 17.2 Å². The summed E-state index contributed by atoms with van der Waals surface area (Å²) in [5.74, 6) is 0.400. The van der Waals surface area contributed by atoms with Crippen LogP contribution in [0.15, 0.2) is 36.7 Å². The molecule has 0 atom stereocenters. The first-order valence-corrected chi connectivity index (χ1v) is 8.95. The van der Waals surface area contributed by atoms with E-state index in [2.05, 4.69) is 49.6 Å². The summed E-state index contributed by atoms with van der Waals surface area (Å²) >= 11 is 0. The Bertz CT molecular complexity index is 738. The van der Waals surface area contributed by atoms with E-state index >= 15 is 0 Å². The molecule has 2 aromatic rings. The van der Waals surface area contributed by atoms with E-state index in [0.717, 1.165) is 31.9 Å². The summed E-state index contributed by atoms with van der Waals surface area (Å²) in [6, 6.07) is 10.0. The highest BCUT2D eigenvalue weighted by molar-refractivity contribution is 5.93. The molecule has 3 rings (SSSR count). The number of carbonyl (C=O) groups excluding carboxylic acids is 1. The highest BCUT2D eigenvalue weighted by atomic mass is 16.1. The summed E-state index contributed by atoms with van der Waals surface area (Å²) < 4.78 is 0. The Morgan fingerprint density at radius 2 is 1.77 bits per heavy atom. The largest absolute Gasteiger partial charge is 0.369 e. The van der Waals surface area contributed by atoms with Gasteiger partial charge in [0.05, 0.1) is 0 Å². The van der Waals surface area contributed by atoms with Crippen LogP contribution in [0.1, 0.15) is 24.3 Å². The van der Waals surface area contributed by atoms with Crippen molar-refractivity contribution in [2.75, 3.05) is 43.4 Å². The van der Waals surface area contributed by atoms with Gasteiger partial charge < -0.3 is 20.4 Å². The standard InChI is InChI=1S/C19H26N6O/c1-14(2)22-19(26)17-12-18(21-13-20-17)23-15-4-6-16(7-5-15)25-10-8-24(3)9-11-25/h4-7,12-14H,8-11H2,1-3H3,(H,22,26)(H,20,21,23). The molecule has 138 valence electrons. The quantitative estimate of drug-likeness (QED) is 0.857. The summed E-state index contributed by atoms with van der Waals surface area (Å²) in [6.45, 7) is 8.09. The number of nitrogens with one attached hydrogen (secondary N) is 2. The summed E-state index contributed by atoms with van der Waals surface area (Å²) in [7, 11) is 2.15. The number of aromatic nitrogens is 2. The molecule has 0 saturated carbocycles. The first kappa shape index (κ1) is 18.1. The van der Waals surface area contributed by atoms with Gasteiger partial charge in [-0.3, -0.25) is 4.79 Å². The lowest BCUT2D eigenvalue weighted by Crippen LogP contribution is -2.44. The Balaban J connectivity index is 1.65. The zero-order chi connectivity index (χ0) is 18.5. The summed E-state index contributed by atoms with van der Waals surface area (Å²) in [5.41, 5.74) is 2.50. The molecule has 1 aliphatic rings. The lowest BCUT2D eigenvalue weighted by atomic mass is 10.2. The lowest BCUT2D eigenvalue weighted by molar-refractivity contribution is 0.0938. The molecule has 1 amide bonds. The molecule has 2 N–H and O–H groups in total. The number of likely N-dealkylation sites (N-methyl/N-ethyl adjacent to an activating group) is 1. The average Bonchev–Trinajstić information content (AvgIpc) is 2.63. The van der Waals surface area contributed by atoms with Gasteiger partial charge in [0.25, 0.3) is 5.91 Å². The van der Waals surface area contributed by atoms with Crippen molar-refractivity contribution >= 4 is 23.1 Å². The average molecular weight is 354 g/mol. The number of amides is 1. The van der Waals surface area contributed by atoms with Crippen molar-refractivity contribution in [3.8, 4) is 0 Å². The van der Waals surface area contributed by atoms with E-state index in [0.29, 0.717) is 11.5 Å². The number of carbonyl (C=O) groups is 1. The molecule has 0 radical (unpaired) electrons. The minimum atomic E-state index is -0.198. The SMILES string of the molecule is CC(C)NC(=O)c1cc(Nc2ccc(N3CCN(C)CC3)cc2)ncn1. The molecule has 26 heavy (non-hydrogen) atoms. The fourth-order valence-electron chi connectivity index (χ4n) is 2.85. The Hall–Kier alpha value is -2.67. The minimum Gasteiger partial charge on any atom is -0.369 e. The van der Waals surface area contributed by atoms with Gasteiger partial charge in [-0.2, -0.15) is 0 Å². The molecule has 0 aliphatic carbocycles. The molecular weight excluding hydrogens is 328 g/mol. The molecule has 0 spiro atoms. The van der Waals surface area contributed by atoms with Crippen molar-refractivity contribution in [3.05, 3.63) is 42.4 Å². The number of hydrogen-bond donors (Lipinski definition) is 2. The normalized spacial score (nSPS) is 15.2. The number of benzene rings is 1. The maximum atomic E-state index is 12.1. The van der Waals surface area contributed by atoms with Crippen LogP contribution < -0.4 is 15.5 Å². The van der Waals surface area contributed by atoms with E-state index in [1.54, 1.807) is 6.07 Å². The van der Waals surface area contributed by atoms with E-state index < -0.39 is 0 Å². The fraction of sp³-hybridized carbons (Fsp3) is 0.421. The van der Waals surface area contributed by atoms with Gasteiger partial charge in [0.2, 0.25) is 0 Å². The second-order valence-electron chi connectivity index (χ2n) is 6.88. The molecule has 1 saturated heterocycles. The van der Waals surface area contributed by atoms with Gasteiger partial charge in [0.15, 0.2) is 0 Å². The lowest BCUT2D eigenvalue weighted by Gasteiger charge is -2.34. The molecule has 1 fully saturated rings. The van der Waals surface area contributed by atoms with Gasteiger partial charge in [-0.05, 0) is 45.2 Å². The van der Waals surface area contributed by atoms with Gasteiger partial charge in [-0.25, -0.2) is 9.97 Å². The molecule has 0 bridgehead atoms. The van der Waals surface area contributed by atoms with Crippen molar-refractivity contribution in [2.24, 2.45) is 0 Å². The maximum absolute atomic E-state index is 12.1. The highest BCUT2D eigenvalue weighted by Crippen LogP contribution is 2.21. The number of rotatable bonds is 5. The van der Waals surface area contributed by atoms with E-state index in [1.807, 2.05) is 26.0 Å². The summed E-state index contributed by atoms with van der Waals surface area (Å²) in [5, 5.41) is 6.06. The Labute approximate surface area is 154 Å². The zero-order valence-electron chi connectivity index (χ0n) is 15.6. The molecular formula is C19H26N6O. The van der Waals surface area contributed by atoms with Gasteiger partial charge in [-0.15, -0.1) is 0 Å². The molecule has 7 nitrogen and oxygen atoms in total. The topological polar surface area (TPSA) is 73.4 Å². The van der Waals surface area contributed by atoms with Crippen LogP contribution in [0, 0.1) is 0 Å². The second kappa shape index (κ2) is 8.14. The number of piperazine rings is 1. The van der Waals surface area contributed by atoms with E-state index in [4.69, 9.17) is 0 Å². The third kappa shape index (κ3) is 4.70. The van der Waals surface area contributed by atoms with E-state index in [1.165, 1.54) is 12.0 Å². The van der Waals surface area contributed by atoms with Crippen molar-refractivity contribution < 1.29 is 4.79 Å². The number of hydrogen-bond acceptors (Lipinski definition) is 6. The monoisotopic (exact) mass is 354 g/mol. The second-order valence-corrected chi connectivity index (χ2v) is 6.88. The van der Waals surface area contributed by atoms with Gasteiger partial charge >= 0.3 is 0 Å². The predicted octanol–water partition coefficient (Wildman–Crippen LogP) is 2.11. The third-order valence-corrected chi connectivity index (χ3v) is 4.33. The first-order valence-electron chi connectivity index (χ1n) is 8.95. The van der Waals surface area contributed by atoms with Crippen molar-refractivity contribution in [1.82, 2.24) is 20.2 Å². The zero-order valence-corrected chi connectivity index (χ0v) is 15.6. The number of nitrogens with zero attached hydrogens (tertiary/aromatic N) is 4. The van der Waals surface area contributed by atoms with Crippen LogP contribution in [0.3, 0.4) is 0 Å². The minimum absolute atomic E-state index is 0.0657. The first-order chi connectivity index (χ1) is 12.5. The van der Waals surface area contributed by atoms with Gasteiger partial charge in [0.1, 0.15) is 17.8 Å². The fourth-order valence-corrected chi connectivity index (χ4v) is 2.85. The van der Waals surface area contributed by atoms with Crippen molar-refractivity contribution in [1.29, 1.82) is 0 Å². The molecule has 0 unspecified atom stereocenters. The molecule has 1 aromatic carbocycles. The van der Waals surface area contributed by atoms with Crippen LogP contribution in [0.5, 0.6) is 0 Å². The van der Waals surface area contributed by atoms with E-state index in [9.17, 15) is 4.79 Å². The Kier molecular flexibility index (Phi) is 5.68. The molecule has 2 heterocycles. The van der Waals surface area contributed by atoms with E-state index in [-0.39, 0.29) is 11.9 Å². The summed E-state index contributed by atoms with van der Waals surface area (Å²) in [4.78, 5) is 25.0. The molecule has 1 aliphatic heterocycles. The van der Waals surface area contributed by atoms with Gasteiger partial charge in [0, 0.05) is 49.7 Å². The van der Waals surface area contributed by atoms with Gasteiger partial charge in [-0.1, -0.05) is 0 Å².